The van der Waals surface area contributed by atoms with Crippen LogP contribution in [0.15, 0.2) is 0 Å². The fourth-order valence-electron chi connectivity index (χ4n) is 3.87. The summed E-state index contributed by atoms with van der Waals surface area (Å²) in [5, 5.41) is 8.67. The monoisotopic (exact) mass is 252 g/mol. The summed E-state index contributed by atoms with van der Waals surface area (Å²) in [5.41, 5.74) is -0.00953. The lowest BCUT2D eigenvalue weighted by Crippen LogP contribution is -2.41. The predicted molar refractivity (Wildman–Crippen MR) is 69.4 cm³/mol. The molecule has 0 aromatic heterocycles. The Balaban J connectivity index is 1.91. The number of ketones is 1. The van der Waals surface area contributed by atoms with Gasteiger partial charge in [0.25, 0.3) is 0 Å². The smallest absolute Gasteiger partial charge is 0.303 e. The number of hydrogen-bond donors (Lipinski definition) is 1. The number of Topliss-reactive ketones (excluding diaryl/α,β-unsaturated/α-hetero) is 1. The largest absolute Gasteiger partial charge is 0.481 e. The van der Waals surface area contributed by atoms with Crippen LogP contribution in [0.4, 0.5) is 0 Å². The molecule has 2 rings (SSSR count). The first-order chi connectivity index (χ1) is 8.64. The molecule has 0 bridgehead atoms. The SMILES string of the molecule is O=C(O)CCCC1CCCC2(CCCCC2)C1=O. The summed E-state index contributed by atoms with van der Waals surface area (Å²) < 4.78 is 0. The second-order valence-corrected chi connectivity index (χ2v) is 6.08. The van der Waals surface area contributed by atoms with Crippen molar-refractivity contribution < 1.29 is 14.7 Å². The molecule has 2 aliphatic rings. The fraction of sp³-hybridized carbons (Fsp3) is 0.867. The molecule has 3 nitrogen and oxygen atoms in total. The second kappa shape index (κ2) is 5.85. The van der Waals surface area contributed by atoms with Crippen molar-refractivity contribution in [1.29, 1.82) is 0 Å². The number of hydrogen-bond acceptors (Lipinski definition) is 2. The van der Waals surface area contributed by atoms with E-state index in [0.717, 1.165) is 38.5 Å². The van der Waals surface area contributed by atoms with Gasteiger partial charge < -0.3 is 5.11 Å². The average Bonchev–Trinajstić information content (AvgIpc) is 2.36. The van der Waals surface area contributed by atoms with Gasteiger partial charge in [-0.1, -0.05) is 25.7 Å². The van der Waals surface area contributed by atoms with Crippen molar-refractivity contribution in [3.05, 3.63) is 0 Å². The zero-order chi connectivity index (χ0) is 13.0. The van der Waals surface area contributed by atoms with E-state index in [2.05, 4.69) is 0 Å². The van der Waals surface area contributed by atoms with E-state index in [-0.39, 0.29) is 17.8 Å². The van der Waals surface area contributed by atoms with Gasteiger partial charge >= 0.3 is 5.97 Å². The van der Waals surface area contributed by atoms with Crippen LogP contribution >= 0.6 is 0 Å². The first kappa shape index (κ1) is 13.6. The molecule has 0 aromatic rings. The first-order valence-corrected chi connectivity index (χ1v) is 7.40. The Labute approximate surface area is 109 Å². The third-order valence-corrected chi connectivity index (χ3v) is 4.86. The summed E-state index contributed by atoms with van der Waals surface area (Å²) in [6.45, 7) is 0. The summed E-state index contributed by atoms with van der Waals surface area (Å²) >= 11 is 0. The van der Waals surface area contributed by atoms with Gasteiger partial charge in [-0.3, -0.25) is 9.59 Å². The van der Waals surface area contributed by atoms with Crippen molar-refractivity contribution in [2.24, 2.45) is 11.3 Å². The van der Waals surface area contributed by atoms with Crippen LogP contribution in [0.3, 0.4) is 0 Å². The zero-order valence-electron chi connectivity index (χ0n) is 11.1. The molecule has 0 aliphatic heterocycles. The Morgan fingerprint density at radius 2 is 1.83 bits per heavy atom. The summed E-state index contributed by atoms with van der Waals surface area (Å²) in [6, 6.07) is 0. The molecule has 2 fully saturated rings. The van der Waals surface area contributed by atoms with Crippen LogP contribution in [0.2, 0.25) is 0 Å². The summed E-state index contributed by atoms with van der Waals surface area (Å²) in [6.07, 6.45) is 10.7. The standard InChI is InChI=1S/C15H24O3/c16-13(17)8-4-6-12-7-5-11-15(14(12)18)9-2-1-3-10-15/h12H,1-11H2,(H,16,17). The topological polar surface area (TPSA) is 54.4 Å². The van der Waals surface area contributed by atoms with Crippen LogP contribution < -0.4 is 0 Å². The van der Waals surface area contributed by atoms with Gasteiger partial charge in [0.05, 0.1) is 0 Å². The maximum Gasteiger partial charge on any atom is 0.303 e. The quantitative estimate of drug-likeness (QED) is 0.832. The molecule has 0 amide bonds. The van der Waals surface area contributed by atoms with Crippen LogP contribution in [-0.2, 0) is 9.59 Å². The van der Waals surface area contributed by atoms with Crippen molar-refractivity contribution in [2.75, 3.05) is 0 Å². The highest BCUT2D eigenvalue weighted by Gasteiger charge is 2.44. The molecule has 2 aliphatic carbocycles. The number of carboxylic acids is 1. The third kappa shape index (κ3) is 2.93. The molecular formula is C15H24O3. The van der Waals surface area contributed by atoms with E-state index in [1.165, 1.54) is 19.3 Å². The number of carboxylic acid groups (broad SMARTS) is 1. The molecule has 1 atom stereocenters. The molecule has 102 valence electrons. The third-order valence-electron chi connectivity index (χ3n) is 4.86. The van der Waals surface area contributed by atoms with E-state index in [1.807, 2.05) is 0 Å². The summed E-state index contributed by atoms with van der Waals surface area (Å²) in [7, 11) is 0. The molecule has 18 heavy (non-hydrogen) atoms. The minimum absolute atomic E-state index is 0.00953. The number of carbonyl (C=O) groups excluding carboxylic acids is 1. The van der Waals surface area contributed by atoms with Crippen molar-refractivity contribution in [2.45, 2.75) is 70.6 Å². The zero-order valence-corrected chi connectivity index (χ0v) is 11.1. The Kier molecular flexibility index (Phi) is 4.41. The van der Waals surface area contributed by atoms with Gasteiger partial charge in [-0.05, 0) is 38.5 Å². The molecule has 0 heterocycles. The summed E-state index contributed by atoms with van der Waals surface area (Å²) in [5.74, 6) is -0.124. The predicted octanol–water partition coefficient (Wildman–Crippen LogP) is 3.56. The molecule has 1 unspecified atom stereocenters. The molecule has 1 spiro atoms. The number of carbonyl (C=O) groups is 2. The highest BCUT2D eigenvalue weighted by atomic mass is 16.4. The van der Waals surface area contributed by atoms with Crippen molar-refractivity contribution >= 4 is 11.8 Å². The minimum atomic E-state index is -0.745. The Morgan fingerprint density at radius 1 is 1.17 bits per heavy atom. The van der Waals surface area contributed by atoms with Gasteiger partial charge in [-0.25, -0.2) is 0 Å². The first-order valence-electron chi connectivity index (χ1n) is 7.40. The summed E-state index contributed by atoms with van der Waals surface area (Å²) in [4.78, 5) is 23.2. The van der Waals surface area contributed by atoms with Crippen LogP contribution in [-0.4, -0.2) is 16.9 Å². The van der Waals surface area contributed by atoms with E-state index in [4.69, 9.17) is 5.11 Å². The van der Waals surface area contributed by atoms with Crippen LogP contribution in [0, 0.1) is 11.3 Å². The van der Waals surface area contributed by atoms with Crippen molar-refractivity contribution in [3.8, 4) is 0 Å². The maximum atomic E-state index is 12.6. The normalized spacial score (nSPS) is 27.3. The van der Waals surface area contributed by atoms with Gasteiger partial charge in [-0.2, -0.15) is 0 Å². The lowest BCUT2D eigenvalue weighted by Gasteiger charge is -2.42. The highest BCUT2D eigenvalue weighted by molar-refractivity contribution is 5.87. The van der Waals surface area contributed by atoms with E-state index in [0.29, 0.717) is 12.2 Å². The Hall–Kier alpha value is -0.860. The van der Waals surface area contributed by atoms with E-state index in [9.17, 15) is 9.59 Å². The fourth-order valence-corrected chi connectivity index (χ4v) is 3.87. The Morgan fingerprint density at radius 3 is 2.50 bits per heavy atom. The minimum Gasteiger partial charge on any atom is -0.481 e. The number of rotatable bonds is 4. The molecule has 0 saturated heterocycles. The molecule has 0 radical (unpaired) electrons. The van der Waals surface area contributed by atoms with E-state index >= 15 is 0 Å². The van der Waals surface area contributed by atoms with Crippen molar-refractivity contribution in [3.63, 3.8) is 0 Å². The molecule has 1 N–H and O–H groups in total. The van der Waals surface area contributed by atoms with E-state index in [1.54, 1.807) is 0 Å². The van der Waals surface area contributed by atoms with Crippen LogP contribution in [0.25, 0.3) is 0 Å². The van der Waals surface area contributed by atoms with Crippen LogP contribution in [0.1, 0.15) is 70.6 Å². The number of aliphatic carboxylic acids is 1. The van der Waals surface area contributed by atoms with Gasteiger partial charge in [0.15, 0.2) is 0 Å². The molecule has 0 aromatic carbocycles. The lowest BCUT2D eigenvalue weighted by atomic mass is 9.61. The van der Waals surface area contributed by atoms with E-state index < -0.39 is 5.97 Å². The Bertz CT molecular complexity index is 310. The van der Waals surface area contributed by atoms with Gasteiger partial charge in [-0.15, -0.1) is 0 Å². The van der Waals surface area contributed by atoms with Crippen molar-refractivity contribution in [1.82, 2.24) is 0 Å². The van der Waals surface area contributed by atoms with Crippen LogP contribution in [0.5, 0.6) is 0 Å². The average molecular weight is 252 g/mol. The van der Waals surface area contributed by atoms with Gasteiger partial charge in [0.2, 0.25) is 0 Å². The maximum absolute atomic E-state index is 12.6. The highest BCUT2D eigenvalue weighted by Crippen LogP contribution is 2.47. The second-order valence-electron chi connectivity index (χ2n) is 6.08. The molecule has 2 saturated carbocycles. The molecule has 3 heteroatoms. The van der Waals surface area contributed by atoms with Gasteiger partial charge in [0, 0.05) is 17.8 Å². The van der Waals surface area contributed by atoms with Gasteiger partial charge in [0.1, 0.15) is 5.78 Å². The lowest BCUT2D eigenvalue weighted by molar-refractivity contribution is -0.140. The molecular weight excluding hydrogens is 228 g/mol.